The van der Waals surface area contributed by atoms with Crippen LogP contribution in [-0.4, -0.2) is 35.8 Å². The molecule has 0 radical (unpaired) electrons. The molecule has 1 rings (SSSR count). The molecule has 0 amide bonds. The molecule has 3 nitrogen and oxygen atoms in total. The molecule has 10 heavy (non-hydrogen) atoms. The Labute approximate surface area is 64.7 Å². The summed E-state index contributed by atoms with van der Waals surface area (Å²) < 4.78 is 10.4. The summed E-state index contributed by atoms with van der Waals surface area (Å²) in [5, 5.41) is 8.65. The number of ether oxygens (including phenoxy) is 2. The van der Waals surface area contributed by atoms with Crippen molar-refractivity contribution in [2.45, 2.75) is 18.6 Å². The van der Waals surface area contributed by atoms with Crippen molar-refractivity contribution in [1.82, 2.24) is 0 Å². The number of aliphatic hydroxyl groups excluding tert-OH is 1. The molecule has 1 fully saturated rings. The van der Waals surface area contributed by atoms with Gasteiger partial charge in [-0.15, -0.1) is 11.8 Å². The number of hydrogen-bond acceptors (Lipinski definition) is 4. The number of hydrogen-bond donors (Lipinski definition) is 1. The van der Waals surface area contributed by atoms with Crippen molar-refractivity contribution < 1.29 is 14.6 Å². The van der Waals surface area contributed by atoms with E-state index < -0.39 is 0 Å². The molecule has 0 aliphatic carbocycles. The van der Waals surface area contributed by atoms with Gasteiger partial charge in [0.2, 0.25) is 0 Å². The maximum Gasteiger partial charge on any atom is 0.168 e. The normalized spacial score (nSPS) is 33.0. The van der Waals surface area contributed by atoms with Gasteiger partial charge in [-0.1, -0.05) is 0 Å². The topological polar surface area (TPSA) is 38.7 Å². The van der Waals surface area contributed by atoms with Gasteiger partial charge in [0.05, 0.1) is 6.61 Å². The fourth-order valence-corrected chi connectivity index (χ4v) is 1.66. The highest BCUT2D eigenvalue weighted by Gasteiger charge is 2.24. The molecule has 0 aromatic heterocycles. The van der Waals surface area contributed by atoms with Crippen LogP contribution in [0.5, 0.6) is 0 Å². The maximum absolute atomic E-state index is 8.65. The van der Waals surface area contributed by atoms with Gasteiger partial charge in [-0.05, 0) is 6.92 Å². The third-order valence-electron chi connectivity index (χ3n) is 1.22. The highest BCUT2D eigenvalue weighted by atomic mass is 32.2. The second-order valence-corrected chi connectivity index (χ2v) is 3.16. The van der Waals surface area contributed by atoms with E-state index in [-0.39, 0.29) is 18.3 Å². The summed E-state index contributed by atoms with van der Waals surface area (Å²) in [4.78, 5) is 0. The van der Waals surface area contributed by atoms with Gasteiger partial charge in [0.25, 0.3) is 0 Å². The summed E-state index contributed by atoms with van der Waals surface area (Å²) in [7, 11) is 0. The molecule has 0 bridgehead atoms. The number of thioether (sulfide) groups is 1. The van der Waals surface area contributed by atoms with Crippen LogP contribution in [0.4, 0.5) is 0 Å². The lowest BCUT2D eigenvalue weighted by Gasteiger charge is -2.09. The number of aliphatic hydroxyl groups is 1. The van der Waals surface area contributed by atoms with Crippen LogP contribution in [-0.2, 0) is 9.47 Å². The van der Waals surface area contributed by atoms with Crippen LogP contribution in [0.1, 0.15) is 6.92 Å². The molecule has 60 valence electrons. The summed E-state index contributed by atoms with van der Waals surface area (Å²) in [6.45, 7) is 2.68. The average Bonchev–Trinajstić information content (AvgIpc) is 2.37. The summed E-state index contributed by atoms with van der Waals surface area (Å²) in [5.41, 5.74) is -0.0726. The van der Waals surface area contributed by atoms with Gasteiger partial charge in [0, 0.05) is 12.4 Å². The minimum absolute atomic E-state index is 0.0726. The molecule has 2 atom stereocenters. The average molecular weight is 164 g/mol. The highest BCUT2D eigenvalue weighted by molar-refractivity contribution is 8.00. The Morgan fingerprint density at radius 2 is 2.60 bits per heavy atom. The molecule has 0 saturated carbocycles. The van der Waals surface area contributed by atoms with E-state index >= 15 is 0 Å². The fourth-order valence-electron chi connectivity index (χ4n) is 0.803. The molecular weight excluding hydrogens is 152 g/mol. The monoisotopic (exact) mass is 164 g/mol. The van der Waals surface area contributed by atoms with Gasteiger partial charge in [-0.25, -0.2) is 0 Å². The lowest BCUT2D eigenvalue weighted by Crippen LogP contribution is -2.17. The van der Waals surface area contributed by atoms with Crippen LogP contribution in [0, 0.1) is 0 Å². The SMILES string of the molecule is CCOC1CSC(CO)O1. The van der Waals surface area contributed by atoms with Crippen LogP contribution in [0.2, 0.25) is 0 Å². The maximum atomic E-state index is 8.65. The fraction of sp³-hybridized carbons (Fsp3) is 1.00. The smallest absolute Gasteiger partial charge is 0.168 e. The van der Waals surface area contributed by atoms with Gasteiger partial charge in [0.15, 0.2) is 6.29 Å². The zero-order chi connectivity index (χ0) is 7.40. The summed E-state index contributed by atoms with van der Waals surface area (Å²) in [5.74, 6) is 0.832. The van der Waals surface area contributed by atoms with Crippen molar-refractivity contribution in [1.29, 1.82) is 0 Å². The molecule has 1 N–H and O–H groups in total. The van der Waals surface area contributed by atoms with Crippen LogP contribution < -0.4 is 0 Å². The summed E-state index contributed by atoms with van der Waals surface area (Å²) in [6.07, 6.45) is -0.104. The van der Waals surface area contributed by atoms with E-state index in [1.54, 1.807) is 11.8 Å². The third kappa shape index (κ3) is 2.12. The van der Waals surface area contributed by atoms with Crippen molar-refractivity contribution in [3.63, 3.8) is 0 Å². The van der Waals surface area contributed by atoms with Crippen molar-refractivity contribution in [2.75, 3.05) is 19.0 Å². The van der Waals surface area contributed by atoms with Crippen molar-refractivity contribution in [2.24, 2.45) is 0 Å². The van der Waals surface area contributed by atoms with Crippen molar-refractivity contribution in [3.05, 3.63) is 0 Å². The molecule has 1 saturated heterocycles. The second-order valence-electron chi connectivity index (χ2n) is 1.97. The Bertz CT molecular complexity index is 99.0. The molecule has 2 unspecified atom stereocenters. The van der Waals surface area contributed by atoms with Gasteiger partial charge in [-0.2, -0.15) is 0 Å². The van der Waals surface area contributed by atoms with E-state index in [2.05, 4.69) is 0 Å². The van der Waals surface area contributed by atoms with Crippen molar-refractivity contribution in [3.8, 4) is 0 Å². The van der Waals surface area contributed by atoms with E-state index in [0.717, 1.165) is 5.75 Å². The lowest BCUT2D eigenvalue weighted by molar-refractivity contribution is -0.128. The lowest BCUT2D eigenvalue weighted by atomic mass is 10.7. The quantitative estimate of drug-likeness (QED) is 0.656. The van der Waals surface area contributed by atoms with E-state index in [1.165, 1.54) is 0 Å². The van der Waals surface area contributed by atoms with Crippen LogP contribution >= 0.6 is 11.8 Å². The zero-order valence-corrected chi connectivity index (χ0v) is 6.76. The van der Waals surface area contributed by atoms with Crippen LogP contribution in [0.15, 0.2) is 0 Å². The Morgan fingerprint density at radius 3 is 3.10 bits per heavy atom. The Morgan fingerprint density at radius 1 is 1.80 bits per heavy atom. The molecule has 0 aromatic carbocycles. The summed E-state index contributed by atoms with van der Waals surface area (Å²) >= 11 is 1.59. The van der Waals surface area contributed by atoms with Gasteiger partial charge in [0.1, 0.15) is 5.44 Å². The molecular formula is C6H12O3S. The third-order valence-corrected chi connectivity index (χ3v) is 2.32. The van der Waals surface area contributed by atoms with E-state index in [1.807, 2.05) is 6.92 Å². The first-order chi connectivity index (χ1) is 4.86. The largest absolute Gasteiger partial charge is 0.393 e. The van der Waals surface area contributed by atoms with Crippen LogP contribution in [0.25, 0.3) is 0 Å². The van der Waals surface area contributed by atoms with Crippen LogP contribution in [0.3, 0.4) is 0 Å². The number of rotatable bonds is 3. The van der Waals surface area contributed by atoms with Gasteiger partial charge in [-0.3, -0.25) is 0 Å². The minimum Gasteiger partial charge on any atom is -0.393 e. The Balaban J connectivity index is 2.15. The van der Waals surface area contributed by atoms with Gasteiger partial charge < -0.3 is 14.6 Å². The predicted molar refractivity (Wildman–Crippen MR) is 39.8 cm³/mol. The van der Waals surface area contributed by atoms with E-state index in [9.17, 15) is 0 Å². The standard InChI is InChI=1S/C6H12O3S/c1-2-8-5-4-10-6(3-7)9-5/h5-7H,2-4H2,1H3. The molecule has 0 spiro atoms. The molecule has 1 aliphatic heterocycles. The first kappa shape index (κ1) is 8.33. The molecule has 0 aromatic rings. The molecule has 1 aliphatic rings. The highest BCUT2D eigenvalue weighted by Crippen LogP contribution is 2.24. The molecule has 1 heterocycles. The zero-order valence-electron chi connectivity index (χ0n) is 5.95. The van der Waals surface area contributed by atoms with Crippen molar-refractivity contribution >= 4 is 11.8 Å². The van der Waals surface area contributed by atoms with Gasteiger partial charge >= 0.3 is 0 Å². The Hall–Kier alpha value is 0.230. The first-order valence-electron chi connectivity index (χ1n) is 3.36. The van der Waals surface area contributed by atoms with E-state index in [0.29, 0.717) is 6.61 Å². The first-order valence-corrected chi connectivity index (χ1v) is 4.41. The summed E-state index contributed by atoms with van der Waals surface area (Å²) in [6, 6.07) is 0. The molecule has 4 heteroatoms. The Kier molecular flexibility index (Phi) is 3.48. The predicted octanol–water partition coefficient (Wildman–Crippen LogP) is 0.431. The second kappa shape index (κ2) is 4.18. The minimum atomic E-state index is -0.104. The van der Waals surface area contributed by atoms with E-state index in [4.69, 9.17) is 14.6 Å².